The van der Waals surface area contributed by atoms with Crippen LogP contribution in [-0.2, 0) is 19.5 Å². The first-order valence-corrected chi connectivity index (χ1v) is 0.200. The van der Waals surface area contributed by atoms with E-state index < -0.39 is 0 Å². The van der Waals surface area contributed by atoms with Gasteiger partial charge in [0.15, 0.2) is 0 Å². The molecule has 0 heterocycles. The summed E-state index contributed by atoms with van der Waals surface area (Å²) in [6, 6.07) is 0. The maximum Gasteiger partial charge on any atom is 0 e. The van der Waals surface area contributed by atoms with E-state index in [1.807, 2.05) is 0 Å². The van der Waals surface area contributed by atoms with Gasteiger partial charge < -0.3 is 0 Å². The van der Waals surface area contributed by atoms with Crippen molar-refractivity contribution in [2.24, 2.45) is 0 Å². The SMILES string of the molecule is OO.[CaH2].[MgH2].[SrH2].[Zn]. The van der Waals surface area contributed by atoms with Crippen molar-refractivity contribution in [1.29, 1.82) is 0 Å². The molecule has 28 valence electrons. The zero-order chi connectivity index (χ0) is 2.00. The summed E-state index contributed by atoms with van der Waals surface area (Å²) < 4.78 is 0. The molecule has 0 rings (SSSR count). The average Bonchev–Trinajstić information content (AvgIpc) is 1.00. The largest absolute Gasteiger partial charge is 0 e. The third-order valence-electron chi connectivity index (χ3n) is 0. The summed E-state index contributed by atoms with van der Waals surface area (Å²) in [6.07, 6.45) is 0. The molecule has 2 nitrogen and oxygen atoms in total. The molecule has 0 saturated heterocycles. The van der Waals surface area contributed by atoms with Crippen LogP contribution < -0.4 is 0 Å². The fraction of sp³-hybridized carbons (Fsp3) is 0. The summed E-state index contributed by atoms with van der Waals surface area (Å²) in [5, 5.41) is 12.0. The van der Waals surface area contributed by atoms with Crippen molar-refractivity contribution in [3.63, 3.8) is 0 Å². The van der Waals surface area contributed by atoms with Gasteiger partial charge in [0.25, 0.3) is 0 Å². The first-order chi connectivity index (χ1) is 1.00. The van der Waals surface area contributed by atoms with Gasteiger partial charge in [-0.15, -0.1) is 0 Å². The summed E-state index contributed by atoms with van der Waals surface area (Å²) >= 11 is 0. The van der Waals surface area contributed by atoms with Gasteiger partial charge in [0.2, 0.25) is 0 Å². The molecule has 0 aliphatic carbocycles. The summed E-state index contributed by atoms with van der Waals surface area (Å²) in [5.41, 5.74) is 0. The van der Waals surface area contributed by atoms with E-state index in [-0.39, 0.29) is 126 Å². The topological polar surface area (TPSA) is 40.5 Å². The molecule has 0 radical (unpaired) electrons. The molecule has 6 heavy (non-hydrogen) atoms. The predicted molar refractivity (Wildman–Crippen MR) is 30.9 cm³/mol. The molecule has 0 aromatic carbocycles. The minimum absolute atomic E-state index is 0. The first kappa shape index (κ1) is 32.3. The van der Waals surface area contributed by atoms with Gasteiger partial charge in [0, 0.05) is 19.5 Å². The molecule has 0 unspecified atom stereocenters. The van der Waals surface area contributed by atoms with E-state index >= 15 is 0 Å². The van der Waals surface area contributed by atoms with Gasteiger partial charge in [-0.25, -0.2) is 0 Å². The van der Waals surface area contributed by atoms with Gasteiger partial charge in [-0.1, -0.05) is 0 Å². The summed E-state index contributed by atoms with van der Waals surface area (Å²) in [4.78, 5) is 0. The van der Waals surface area contributed by atoms with Gasteiger partial charge in [0.1, 0.15) is 0 Å². The number of hydrogen-bond acceptors (Lipinski definition) is 2. The van der Waals surface area contributed by atoms with Crippen molar-refractivity contribution in [3.8, 4) is 0 Å². The van der Waals surface area contributed by atoms with E-state index in [9.17, 15) is 0 Å². The summed E-state index contributed by atoms with van der Waals surface area (Å²) in [5.74, 6) is 0. The molecule has 0 bridgehead atoms. The molecule has 6 heteroatoms. The molecule has 0 aromatic heterocycles. The molecular formula is H8CaMgO2SrZn. The second kappa shape index (κ2) is 35.8. The van der Waals surface area contributed by atoms with Crippen molar-refractivity contribution < 1.29 is 30.0 Å². The minimum atomic E-state index is 0. The molecule has 0 saturated carbocycles. The molecule has 0 aromatic rings. The van der Waals surface area contributed by atoms with E-state index in [1.54, 1.807) is 0 Å². The second-order valence-electron chi connectivity index (χ2n) is 0. The molecule has 0 spiro atoms. The van der Waals surface area contributed by atoms with Crippen LogP contribution in [0.25, 0.3) is 0 Å². The van der Waals surface area contributed by atoms with Crippen LogP contribution in [0.4, 0.5) is 0 Å². The van der Waals surface area contributed by atoms with E-state index in [4.69, 9.17) is 10.5 Å². The molecule has 0 amide bonds. The van der Waals surface area contributed by atoms with Crippen molar-refractivity contribution >= 4 is 106 Å². The van der Waals surface area contributed by atoms with E-state index in [0.29, 0.717) is 0 Å². The standard InChI is InChI=1S/Ca.Mg.H2O2.Sr.Zn.6H/c;;1-2;;;;;;;;/h;;1-2H;;;;;;;;. The summed E-state index contributed by atoms with van der Waals surface area (Å²) in [7, 11) is 0. The van der Waals surface area contributed by atoms with Crippen LogP contribution in [0.1, 0.15) is 0 Å². The van der Waals surface area contributed by atoms with Crippen LogP contribution in [0, 0.1) is 0 Å². The molecule has 0 aliphatic heterocycles. The third-order valence-corrected chi connectivity index (χ3v) is 0. The van der Waals surface area contributed by atoms with E-state index in [2.05, 4.69) is 0 Å². The van der Waals surface area contributed by atoms with Gasteiger partial charge >= 0.3 is 106 Å². The van der Waals surface area contributed by atoms with Gasteiger partial charge in [-0.05, 0) is 0 Å². The van der Waals surface area contributed by atoms with Crippen LogP contribution in [0.2, 0.25) is 0 Å². The Morgan fingerprint density at radius 2 is 1.00 bits per heavy atom. The van der Waals surface area contributed by atoms with Gasteiger partial charge in [-0.2, -0.15) is 0 Å². The minimum Gasteiger partial charge on any atom is 0 e. The zero-order valence-corrected chi connectivity index (χ0v) is 4.57. The van der Waals surface area contributed by atoms with Crippen molar-refractivity contribution in [2.75, 3.05) is 0 Å². The Hall–Kier alpha value is 4.05. The van der Waals surface area contributed by atoms with Crippen molar-refractivity contribution in [2.45, 2.75) is 0 Å². The number of rotatable bonds is 0. The van der Waals surface area contributed by atoms with Crippen molar-refractivity contribution in [1.82, 2.24) is 0 Å². The van der Waals surface area contributed by atoms with Gasteiger partial charge in [0.05, 0.1) is 0 Å². The van der Waals surface area contributed by atoms with Crippen LogP contribution in [-0.4, -0.2) is 117 Å². The smallest absolute Gasteiger partial charge is 0 e. The average molecular weight is 257 g/mol. The Kier molecular flexibility index (Phi) is 192. The normalized spacial score (nSPS) is 1.00. The van der Waals surface area contributed by atoms with Gasteiger partial charge in [-0.3, -0.25) is 10.5 Å². The zero-order valence-electron chi connectivity index (χ0n) is 1.60. The van der Waals surface area contributed by atoms with Crippen LogP contribution in [0.3, 0.4) is 0 Å². The Morgan fingerprint density at radius 1 is 1.00 bits per heavy atom. The number of hydrogen-bond donors (Lipinski definition) is 2. The predicted octanol–water partition coefficient (Wildman–Crippen LogP) is -2.73. The maximum atomic E-state index is 6.00. The first-order valence-electron chi connectivity index (χ1n) is 0.200. The van der Waals surface area contributed by atoms with Crippen LogP contribution in [0.5, 0.6) is 0 Å². The summed E-state index contributed by atoms with van der Waals surface area (Å²) in [6.45, 7) is 0. The molecule has 0 atom stereocenters. The molecular weight excluding hydrogens is 249 g/mol. The van der Waals surface area contributed by atoms with Crippen LogP contribution in [0.15, 0.2) is 0 Å². The molecule has 0 aliphatic rings. The molecule has 0 fully saturated rings. The van der Waals surface area contributed by atoms with E-state index in [1.165, 1.54) is 0 Å². The monoisotopic (exact) mass is 256 g/mol. The molecule has 2 N–H and O–H groups in total. The second-order valence-corrected chi connectivity index (χ2v) is 0. The third kappa shape index (κ3) is 24.4. The Labute approximate surface area is 133 Å². The Morgan fingerprint density at radius 3 is 1.00 bits per heavy atom. The fourth-order valence-corrected chi connectivity index (χ4v) is 0. The quantitative estimate of drug-likeness (QED) is 0.281. The Bertz CT molecular complexity index is 13.5. The maximum absolute atomic E-state index is 6.00. The van der Waals surface area contributed by atoms with E-state index in [0.717, 1.165) is 0 Å². The van der Waals surface area contributed by atoms with Crippen molar-refractivity contribution in [3.05, 3.63) is 0 Å². The fourth-order valence-electron chi connectivity index (χ4n) is 0. The van der Waals surface area contributed by atoms with Crippen LogP contribution >= 0.6 is 0 Å². The Balaban J connectivity index is -0.000000000833.